The van der Waals surface area contributed by atoms with Gasteiger partial charge in [0, 0.05) is 13.1 Å². The third kappa shape index (κ3) is 5.17. The Labute approximate surface area is 114 Å². The van der Waals surface area contributed by atoms with Gasteiger partial charge < -0.3 is 4.90 Å². The largest absolute Gasteiger partial charge is 0.348 e. The number of carbonyl (C=O) groups excluding carboxylic acids is 1. The first kappa shape index (κ1) is 15.2. The Hall–Kier alpha value is -0.900. The molecule has 102 valence electrons. The van der Waals surface area contributed by atoms with Gasteiger partial charge in [0.05, 0.1) is 11.1 Å². The molecule has 3 nitrogen and oxygen atoms in total. The standard InChI is InChI=1S/C14H24N2OS/c1-11(2)5-7-16(8-6-12(3)4)14-15-9-13(10-17)18-14/h9-12H,5-8H2,1-4H3. The number of anilines is 1. The Bertz CT molecular complexity index is 348. The van der Waals surface area contributed by atoms with Crippen molar-refractivity contribution in [2.75, 3.05) is 18.0 Å². The first-order valence-corrected chi connectivity index (χ1v) is 7.50. The second-order valence-electron chi connectivity index (χ2n) is 5.52. The number of thiazole rings is 1. The molecular weight excluding hydrogens is 244 g/mol. The molecule has 1 rings (SSSR count). The zero-order chi connectivity index (χ0) is 13.5. The van der Waals surface area contributed by atoms with Gasteiger partial charge in [0.15, 0.2) is 11.4 Å². The van der Waals surface area contributed by atoms with Gasteiger partial charge in [-0.2, -0.15) is 0 Å². The fraction of sp³-hybridized carbons (Fsp3) is 0.714. The second kappa shape index (κ2) is 7.52. The molecule has 0 fully saturated rings. The molecule has 0 radical (unpaired) electrons. The van der Waals surface area contributed by atoms with Gasteiger partial charge >= 0.3 is 0 Å². The predicted molar refractivity (Wildman–Crippen MR) is 78.6 cm³/mol. The fourth-order valence-electron chi connectivity index (χ4n) is 1.61. The molecule has 0 atom stereocenters. The lowest BCUT2D eigenvalue weighted by Crippen LogP contribution is -2.27. The van der Waals surface area contributed by atoms with Gasteiger partial charge in [-0.25, -0.2) is 4.98 Å². The van der Waals surface area contributed by atoms with Crippen LogP contribution in [0.1, 0.15) is 50.2 Å². The predicted octanol–water partition coefficient (Wildman–Crippen LogP) is 3.85. The molecule has 1 heterocycles. The monoisotopic (exact) mass is 268 g/mol. The van der Waals surface area contributed by atoms with Crippen LogP contribution in [0.2, 0.25) is 0 Å². The Morgan fingerprint density at radius 3 is 2.17 bits per heavy atom. The molecule has 1 aromatic heterocycles. The minimum absolute atomic E-state index is 0.692. The Morgan fingerprint density at radius 2 is 1.78 bits per heavy atom. The summed E-state index contributed by atoms with van der Waals surface area (Å²) in [5.74, 6) is 1.38. The minimum atomic E-state index is 0.692. The van der Waals surface area contributed by atoms with E-state index in [0.29, 0.717) is 16.7 Å². The highest BCUT2D eigenvalue weighted by atomic mass is 32.1. The second-order valence-corrected chi connectivity index (χ2v) is 6.56. The van der Waals surface area contributed by atoms with Crippen LogP contribution in [0.25, 0.3) is 0 Å². The summed E-state index contributed by atoms with van der Waals surface area (Å²) in [5.41, 5.74) is 0. The summed E-state index contributed by atoms with van der Waals surface area (Å²) in [6.07, 6.45) is 4.87. The maximum absolute atomic E-state index is 10.7. The Morgan fingerprint density at radius 1 is 1.22 bits per heavy atom. The maximum atomic E-state index is 10.7. The summed E-state index contributed by atoms with van der Waals surface area (Å²) in [4.78, 5) is 18.1. The SMILES string of the molecule is CC(C)CCN(CCC(C)C)c1ncc(C=O)s1. The molecule has 0 unspecified atom stereocenters. The smallest absolute Gasteiger partial charge is 0.185 e. The van der Waals surface area contributed by atoms with E-state index in [1.54, 1.807) is 6.20 Å². The van der Waals surface area contributed by atoms with Crippen molar-refractivity contribution in [3.8, 4) is 0 Å². The van der Waals surface area contributed by atoms with Crippen LogP contribution in [0.4, 0.5) is 5.13 Å². The van der Waals surface area contributed by atoms with Crippen LogP contribution in [-0.2, 0) is 0 Å². The number of aldehydes is 1. The summed E-state index contributed by atoms with van der Waals surface area (Å²) in [5, 5.41) is 0.985. The highest BCUT2D eigenvalue weighted by molar-refractivity contribution is 7.17. The minimum Gasteiger partial charge on any atom is -0.348 e. The molecule has 0 aliphatic heterocycles. The number of hydrogen-bond acceptors (Lipinski definition) is 4. The lowest BCUT2D eigenvalue weighted by Gasteiger charge is -2.23. The average molecular weight is 268 g/mol. The summed E-state index contributed by atoms with van der Waals surface area (Å²) < 4.78 is 0. The van der Waals surface area contributed by atoms with Gasteiger partial charge in [-0.1, -0.05) is 39.0 Å². The van der Waals surface area contributed by atoms with Gasteiger partial charge in [0.1, 0.15) is 0 Å². The van der Waals surface area contributed by atoms with E-state index in [1.807, 2.05) is 0 Å². The quantitative estimate of drug-likeness (QED) is 0.671. The zero-order valence-electron chi connectivity index (χ0n) is 11.8. The van der Waals surface area contributed by atoms with Crippen LogP contribution < -0.4 is 4.90 Å². The first-order valence-electron chi connectivity index (χ1n) is 6.69. The van der Waals surface area contributed by atoms with E-state index in [4.69, 9.17) is 0 Å². The van der Waals surface area contributed by atoms with Crippen molar-refractivity contribution in [1.82, 2.24) is 4.98 Å². The van der Waals surface area contributed by atoms with Crippen molar-refractivity contribution in [2.24, 2.45) is 11.8 Å². The Balaban J connectivity index is 2.65. The average Bonchev–Trinajstić information content (AvgIpc) is 2.77. The normalized spacial score (nSPS) is 11.2. The molecule has 0 aromatic carbocycles. The van der Waals surface area contributed by atoms with Crippen LogP contribution in [-0.4, -0.2) is 24.4 Å². The fourth-order valence-corrected chi connectivity index (χ4v) is 2.39. The highest BCUT2D eigenvalue weighted by Crippen LogP contribution is 2.23. The summed E-state index contributed by atoms with van der Waals surface area (Å²) >= 11 is 1.49. The number of aromatic nitrogens is 1. The molecule has 0 saturated carbocycles. The molecule has 1 aromatic rings. The molecule has 0 bridgehead atoms. The molecule has 0 aliphatic carbocycles. The molecular formula is C14H24N2OS. The third-order valence-corrected chi connectivity index (χ3v) is 3.83. The molecule has 0 N–H and O–H groups in total. The van der Waals surface area contributed by atoms with Gasteiger partial charge in [-0.15, -0.1) is 0 Å². The number of rotatable bonds is 8. The van der Waals surface area contributed by atoms with E-state index < -0.39 is 0 Å². The molecule has 4 heteroatoms. The van der Waals surface area contributed by atoms with E-state index in [-0.39, 0.29) is 0 Å². The van der Waals surface area contributed by atoms with Crippen molar-refractivity contribution >= 4 is 22.8 Å². The van der Waals surface area contributed by atoms with Gasteiger partial charge in [0.25, 0.3) is 0 Å². The maximum Gasteiger partial charge on any atom is 0.185 e. The highest BCUT2D eigenvalue weighted by Gasteiger charge is 2.12. The number of nitrogens with zero attached hydrogens (tertiary/aromatic N) is 2. The van der Waals surface area contributed by atoms with Crippen molar-refractivity contribution < 1.29 is 4.79 Å². The van der Waals surface area contributed by atoms with Crippen molar-refractivity contribution in [3.05, 3.63) is 11.1 Å². The van der Waals surface area contributed by atoms with E-state index in [1.165, 1.54) is 11.3 Å². The lowest BCUT2D eigenvalue weighted by molar-refractivity contribution is 0.112. The van der Waals surface area contributed by atoms with Crippen molar-refractivity contribution in [2.45, 2.75) is 40.5 Å². The molecule has 0 saturated heterocycles. The van der Waals surface area contributed by atoms with Crippen LogP contribution in [0.3, 0.4) is 0 Å². The van der Waals surface area contributed by atoms with Gasteiger partial charge in [0.2, 0.25) is 0 Å². The third-order valence-electron chi connectivity index (χ3n) is 2.85. The summed E-state index contributed by atoms with van der Waals surface area (Å²) in [6.45, 7) is 11.0. The molecule has 0 spiro atoms. The van der Waals surface area contributed by atoms with Crippen LogP contribution in [0.15, 0.2) is 6.20 Å². The summed E-state index contributed by atoms with van der Waals surface area (Å²) in [7, 11) is 0. The van der Waals surface area contributed by atoms with Crippen LogP contribution in [0.5, 0.6) is 0 Å². The van der Waals surface area contributed by atoms with Crippen LogP contribution in [0, 0.1) is 11.8 Å². The van der Waals surface area contributed by atoms with Gasteiger partial charge in [-0.3, -0.25) is 4.79 Å². The topological polar surface area (TPSA) is 33.2 Å². The zero-order valence-corrected chi connectivity index (χ0v) is 12.7. The van der Waals surface area contributed by atoms with E-state index in [9.17, 15) is 4.79 Å². The number of hydrogen-bond donors (Lipinski definition) is 0. The first-order chi connectivity index (χ1) is 8.52. The van der Waals surface area contributed by atoms with Crippen molar-refractivity contribution in [1.29, 1.82) is 0 Å². The summed E-state index contributed by atoms with van der Waals surface area (Å²) in [6, 6.07) is 0. The van der Waals surface area contributed by atoms with Crippen LogP contribution >= 0.6 is 11.3 Å². The van der Waals surface area contributed by atoms with E-state index in [0.717, 1.165) is 37.3 Å². The molecule has 0 aliphatic rings. The lowest BCUT2D eigenvalue weighted by atomic mass is 10.1. The van der Waals surface area contributed by atoms with Gasteiger partial charge in [-0.05, 0) is 24.7 Å². The van der Waals surface area contributed by atoms with E-state index in [2.05, 4.69) is 37.6 Å². The molecule has 18 heavy (non-hydrogen) atoms. The van der Waals surface area contributed by atoms with E-state index >= 15 is 0 Å². The van der Waals surface area contributed by atoms with Crippen molar-refractivity contribution in [3.63, 3.8) is 0 Å². The number of carbonyl (C=O) groups is 1. The Kier molecular flexibility index (Phi) is 6.33. The molecule has 0 amide bonds.